The SMILES string of the molecule is CC[C@@H](CO)NC(=O)C1(c2cccc([N+]3(C)C(=O)[C@@H](NC(=O)c4ccnn4C)C(C4CCC4)C4(C)CC43)c2)CCN(C(=O)OC)C1. The minimum absolute atomic E-state index is 0.0104. The third-order valence-electron chi connectivity index (χ3n) is 11.8. The summed E-state index contributed by atoms with van der Waals surface area (Å²) in [5.74, 6) is -0.229. The second kappa shape index (κ2) is 11.8. The number of nitrogens with zero attached hydrogens (tertiary/aromatic N) is 4. The maximum Gasteiger partial charge on any atom is 0.409 e. The highest BCUT2D eigenvalue weighted by molar-refractivity contribution is 6.01. The quantitative estimate of drug-likeness (QED) is 0.360. The van der Waals surface area contributed by atoms with Crippen molar-refractivity contribution in [2.75, 3.05) is 33.9 Å². The van der Waals surface area contributed by atoms with Crippen molar-refractivity contribution in [1.82, 2.24) is 29.8 Å². The molecule has 4 aliphatic rings. The van der Waals surface area contributed by atoms with E-state index in [-0.39, 0.29) is 52.7 Å². The lowest BCUT2D eigenvalue weighted by molar-refractivity contribution is -0.140. The van der Waals surface area contributed by atoms with Gasteiger partial charge in [-0.3, -0.25) is 14.3 Å². The van der Waals surface area contributed by atoms with Gasteiger partial charge >= 0.3 is 12.0 Å². The molecule has 5 unspecified atom stereocenters. The van der Waals surface area contributed by atoms with Gasteiger partial charge in [0, 0.05) is 50.2 Å². The summed E-state index contributed by atoms with van der Waals surface area (Å²) in [5.41, 5.74) is 0.610. The van der Waals surface area contributed by atoms with Crippen LogP contribution in [0.3, 0.4) is 0 Å². The Kier molecular flexibility index (Phi) is 8.25. The average Bonchev–Trinajstić information content (AvgIpc) is 3.34. The summed E-state index contributed by atoms with van der Waals surface area (Å²) in [6, 6.07) is 8.22. The third kappa shape index (κ3) is 4.92. The first-order chi connectivity index (χ1) is 21.9. The predicted molar refractivity (Wildman–Crippen MR) is 171 cm³/mol. The van der Waals surface area contributed by atoms with E-state index in [4.69, 9.17) is 4.74 Å². The highest BCUT2D eigenvalue weighted by Gasteiger charge is 2.75. The molecule has 46 heavy (non-hydrogen) atoms. The zero-order chi connectivity index (χ0) is 33.0. The van der Waals surface area contributed by atoms with Gasteiger partial charge in [0.05, 0.1) is 32.2 Å². The maximum absolute atomic E-state index is 14.9. The minimum atomic E-state index is -1.10. The molecule has 12 nitrogen and oxygen atoms in total. The molecule has 4 amide bonds. The average molecular weight is 636 g/mol. The van der Waals surface area contributed by atoms with Crippen molar-refractivity contribution in [3.8, 4) is 0 Å². The number of aliphatic hydroxyl groups excluding tert-OH is 1. The molecule has 3 heterocycles. The number of carbonyl (C=O) groups excluding carboxylic acids is 4. The van der Waals surface area contributed by atoms with E-state index in [1.165, 1.54) is 16.7 Å². The van der Waals surface area contributed by atoms with E-state index in [0.717, 1.165) is 31.4 Å². The number of aromatic nitrogens is 2. The van der Waals surface area contributed by atoms with Crippen molar-refractivity contribution in [2.24, 2.45) is 24.3 Å². The monoisotopic (exact) mass is 635 g/mol. The number of fused-ring (bicyclic) bond motifs is 1. The van der Waals surface area contributed by atoms with Crippen molar-refractivity contribution in [3.63, 3.8) is 0 Å². The summed E-state index contributed by atoms with van der Waals surface area (Å²) >= 11 is 0. The van der Waals surface area contributed by atoms with Gasteiger partial charge in [0.1, 0.15) is 23.5 Å². The van der Waals surface area contributed by atoms with E-state index in [1.807, 2.05) is 38.2 Å². The van der Waals surface area contributed by atoms with Crippen LogP contribution in [0, 0.1) is 17.3 Å². The maximum atomic E-state index is 14.9. The van der Waals surface area contributed by atoms with Crippen LogP contribution in [0.2, 0.25) is 0 Å². The van der Waals surface area contributed by atoms with Crippen LogP contribution in [0.25, 0.3) is 0 Å². The molecule has 1 aromatic carbocycles. The van der Waals surface area contributed by atoms with Gasteiger partial charge in [-0.05, 0) is 36.5 Å². The Morgan fingerprint density at radius 2 is 2.00 bits per heavy atom. The molecule has 2 aromatic rings. The summed E-state index contributed by atoms with van der Waals surface area (Å²) in [7, 11) is 4.98. The van der Waals surface area contributed by atoms with E-state index in [2.05, 4.69) is 22.7 Å². The number of carbonyl (C=O) groups is 4. The molecule has 2 saturated carbocycles. The van der Waals surface area contributed by atoms with Gasteiger partial charge in [0.15, 0.2) is 0 Å². The lowest BCUT2D eigenvalue weighted by Crippen LogP contribution is -2.69. The predicted octanol–water partition coefficient (Wildman–Crippen LogP) is 2.49. The molecule has 3 N–H and O–H groups in total. The topological polar surface area (TPSA) is 143 Å². The lowest BCUT2D eigenvalue weighted by Gasteiger charge is -2.49. The van der Waals surface area contributed by atoms with Crippen LogP contribution in [0.4, 0.5) is 10.5 Å². The number of likely N-dealkylation sites (tertiary alicyclic amines) is 2. The fraction of sp³-hybridized carbons (Fsp3) is 0.618. The molecule has 248 valence electrons. The normalized spacial score (nSPS) is 32.7. The smallest absolute Gasteiger partial charge is 0.409 e. The van der Waals surface area contributed by atoms with Crippen molar-refractivity contribution in [1.29, 1.82) is 0 Å². The molecule has 12 heteroatoms. The van der Waals surface area contributed by atoms with Crippen LogP contribution >= 0.6 is 0 Å². The number of likely N-dealkylation sites (N-methyl/N-ethyl adjacent to an activating group) is 1. The van der Waals surface area contributed by atoms with Crippen molar-refractivity contribution in [2.45, 2.75) is 75.9 Å². The Morgan fingerprint density at radius 3 is 2.61 bits per heavy atom. The summed E-state index contributed by atoms with van der Waals surface area (Å²) < 4.78 is 6.52. The van der Waals surface area contributed by atoms with Crippen molar-refractivity contribution in [3.05, 3.63) is 47.8 Å². The molecule has 0 spiro atoms. The van der Waals surface area contributed by atoms with Crippen LogP contribution in [0.15, 0.2) is 36.5 Å². The lowest BCUT2D eigenvalue weighted by atomic mass is 9.64. The number of methoxy groups -OCH3 is 1. The summed E-state index contributed by atoms with van der Waals surface area (Å²) in [6.07, 6.45) is 6.08. The van der Waals surface area contributed by atoms with E-state index in [9.17, 15) is 24.3 Å². The summed E-state index contributed by atoms with van der Waals surface area (Å²) in [5, 5.41) is 20.2. The molecule has 7 atom stereocenters. The van der Waals surface area contributed by atoms with Gasteiger partial charge in [-0.25, -0.2) is 14.1 Å². The third-order valence-corrected chi connectivity index (χ3v) is 11.8. The Morgan fingerprint density at radius 1 is 1.24 bits per heavy atom. The molecule has 2 aliphatic carbocycles. The highest BCUT2D eigenvalue weighted by Crippen LogP contribution is 2.66. The first-order valence-corrected chi connectivity index (χ1v) is 16.5. The molecule has 2 aliphatic heterocycles. The van der Waals surface area contributed by atoms with E-state index >= 15 is 0 Å². The number of rotatable bonds is 9. The number of nitrogens with one attached hydrogen (secondary N) is 2. The van der Waals surface area contributed by atoms with Crippen LogP contribution < -0.4 is 15.1 Å². The number of amides is 4. The fourth-order valence-electron chi connectivity index (χ4n) is 8.68. The molecule has 2 saturated heterocycles. The second-order valence-corrected chi connectivity index (χ2v) is 14.2. The first-order valence-electron chi connectivity index (χ1n) is 16.5. The number of quaternary nitrogens is 1. The number of piperidine rings is 1. The molecule has 4 fully saturated rings. The Hall–Kier alpha value is -3.77. The van der Waals surface area contributed by atoms with E-state index < -0.39 is 23.6 Å². The number of hydrogen-bond donors (Lipinski definition) is 3. The van der Waals surface area contributed by atoms with Crippen LogP contribution in [-0.2, 0) is 26.8 Å². The fourth-order valence-corrected chi connectivity index (χ4v) is 8.68. The number of benzene rings is 1. The largest absolute Gasteiger partial charge is 0.453 e. The van der Waals surface area contributed by atoms with Gasteiger partial charge in [-0.15, -0.1) is 0 Å². The van der Waals surface area contributed by atoms with Crippen LogP contribution in [0.1, 0.15) is 68.4 Å². The first kappa shape index (κ1) is 32.2. The van der Waals surface area contributed by atoms with E-state index in [1.54, 1.807) is 19.3 Å². The zero-order valence-electron chi connectivity index (χ0n) is 27.5. The van der Waals surface area contributed by atoms with Gasteiger partial charge in [0.2, 0.25) is 5.91 Å². The van der Waals surface area contributed by atoms with E-state index in [0.29, 0.717) is 36.6 Å². The molecule has 0 radical (unpaired) electrons. The highest BCUT2D eigenvalue weighted by atomic mass is 16.5. The number of aliphatic hydroxyl groups is 1. The Labute approximate surface area is 270 Å². The molecular weight excluding hydrogens is 588 g/mol. The molecular formula is C34H47N6O6+. The molecule has 6 rings (SSSR count). The van der Waals surface area contributed by atoms with Crippen LogP contribution in [0.5, 0.6) is 0 Å². The minimum Gasteiger partial charge on any atom is -0.453 e. The number of aryl methyl sites for hydroxylation is 1. The van der Waals surface area contributed by atoms with Gasteiger partial charge < -0.3 is 25.4 Å². The summed E-state index contributed by atoms with van der Waals surface area (Å²) in [4.78, 5) is 56.6. The summed E-state index contributed by atoms with van der Waals surface area (Å²) in [6.45, 7) is 4.40. The van der Waals surface area contributed by atoms with Crippen LogP contribution in [-0.4, -0.2) is 95.6 Å². The van der Waals surface area contributed by atoms with Gasteiger partial charge in [-0.2, -0.15) is 5.10 Å². The Bertz CT molecular complexity index is 1540. The standard InChI is InChI=1S/C34H46N6O6/c1-6-23(19-41)36-31(44)34(14-16-39(20-34)32(45)46-5)22-11-8-12-24(17-22)40(4)26-18-33(26,2)27(21-9-7-10-21)28(30(40)43)37-29(42)25-13-15-35-38(25)3/h8,11-13,15,17,21,23,26-28,41H,6-7,9-10,14,16,18-20H2,1-5H3,(H-,36,37,42,44)/p+1/t23-,26?,27?,28-,33?,34?,40?/m0/s1. The Balaban J connectivity index is 1.39. The van der Waals surface area contributed by atoms with Crippen molar-refractivity contribution < 1.29 is 29.0 Å². The number of hydrogen-bond acceptors (Lipinski definition) is 7. The second-order valence-electron chi connectivity index (χ2n) is 14.2. The van der Waals surface area contributed by atoms with Crippen molar-refractivity contribution >= 4 is 29.5 Å². The number of ether oxygens (including phenoxy) is 1. The molecule has 1 aromatic heterocycles. The molecule has 0 bridgehead atoms. The van der Waals surface area contributed by atoms with Gasteiger partial charge in [-0.1, -0.05) is 45.2 Å². The zero-order valence-corrected chi connectivity index (χ0v) is 27.5. The van der Waals surface area contributed by atoms with Gasteiger partial charge in [0.25, 0.3) is 5.91 Å².